The van der Waals surface area contributed by atoms with Gasteiger partial charge in [-0.15, -0.1) is 11.3 Å². The lowest BCUT2D eigenvalue weighted by molar-refractivity contribution is 0.297. The molecule has 1 aromatic carbocycles. The first-order valence-electron chi connectivity index (χ1n) is 7.02. The summed E-state index contributed by atoms with van der Waals surface area (Å²) in [6, 6.07) is 5.93. The Labute approximate surface area is 131 Å². The first kappa shape index (κ1) is 13.2. The van der Waals surface area contributed by atoms with Crippen LogP contribution in [0.3, 0.4) is 0 Å². The smallest absolute Gasteiger partial charge is 0.161 e. The van der Waals surface area contributed by atoms with Crippen LogP contribution in [0.1, 0.15) is 6.42 Å². The van der Waals surface area contributed by atoms with Crippen LogP contribution >= 0.6 is 11.3 Å². The molecule has 2 aromatic heterocycles. The summed E-state index contributed by atoms with van der Waals surface area (Å²) in [5.41, 5.74) is 2.70. The maximum absolute atomic E-state index is 5.73. The molecule has 3 aromatic rings. The molecule has 0 spiro atoms. The van der Waals surface area contributed by atoms with Gasteiger partial charge in [-0.05, 0) is 18.2 Å². The summed E-state index contributed by atoms with van der Waals surface area (Å²) in [6.45, 7) is 1.37. The van der Waals surface area contributed by atoms with Crippen LogP contribution in [-0.2, 0) is 0 Å². The summed E-state index contributed by atoms with van der Waals surface area (Å²) in [5.74, 6) is 1.58. The minimum absolute atomic E-state index is 0.679. The van der Waals surface area contributed by atoms with E-state index in [9.17, 15) is 0 Å². The fraction of sp³-hybridized carbons (Fsp3) is 0.188. The van der Waals surface area contributed by atoms with Crippen molar-refractivity contribution in [2.45, 2.75) is 6.42 Å². The molecule has 22 heavy (non-hydrogen) atoms. The second kappa shape index (κ2) is 5.73. The number of benzene rings is 1. The third-order valence-corrected chi connectivity index (χ3v) is 4.19. The molecule has 3 heterocycles. The zero-order valence-corrected chi connectivity index (χ0v) is 12.5. The van der Waals surface area contributed by atoms with E-state index in [-0.39, 0.29) is 0 Å². The quantitative estimate of drug-likeness (QED) is 0.725. The van der Waals surface area contributed by atoms with Crippen LogP contribution < -0.4 is 9.47 Å². The van der Waals surface area contributed by atoms with Gasteiger partial charge in [-0.2, -0.15) is 0 Å². The summed E-state index contributed by atoms with van der Waals surface area (Å²) in [7, 11) is 0. The molecule has 1 aliphatic rings. The number of aromatic nitrogens is 3. The molecule has 0 bridgehead atoms. The van der Waals surface area contributed by atoms with Crippen molar-refractivity contribution in [1.82, 2.24) is 15.0 Å². The molecule has 0 fully saturated rings. The van der Waals surface area contributed by atoms with Crippen molar-refractivity contribution < 1.29 is 9.47 Å². The number of hydrogen-bond acceptors (Lipinski definition) is 6. The Hall–Kier alpha value is -2.47. The van der Waals surface area contributed by atoms with Gasteiger partial charge in [-0.1, -0.05) is 0 Å². The van der Waals surface area contributed by atoms with E-state index < -0.39 is 0 Å². The van der Waals surface area contributed by atoms with Crippen molar-refractivity contribution in [3.05, 3.63) is 42.2 Å². The van der Waals surface area contributed by atoms with Crippen LogP contribution in [0.25, 0.3) is 22.0 Å². The Kier molecular flexibility index (Phi) is 3.44. The Balaban J connectivity index is 1.68. The Morgan fingerprint density at radius 2 is 1.91 bits per heavy atom. The number of fused-ring (bicyclic) bond motifs is 1. The molecule has 0 saturated heterocycles. The predicted molar refractivity (Wildman–Crippen MR) is 84.2 cm³/mol. The van der Waals surface area contributed by atoms with E-state index in [2.05, 4.69) is 15.0 Å². The molecule has 0 atom stereocenters. The Morgan fingerprint density at radius 1 is 1.00 bits per heavy atom. The van der Waals surface area contributed by atoms with E-state index in [1.807, 2.05) is 23.6 Å². The third kappa shape index (κ3) is 2.53. The average molecular weight is 311 g/mol. The van der Waals surface area contributed by atoms with E-state index in [1.165, 1.54) is 0 Å². The normalized spacial score (nSPS) is 13.6. The lowest BCUT2D eigenvalue weighted by Crippen LogP contribution is -1.97. The number of hydrogen-bond donors (Lipinski definition) is 0. The zero-order valence-electron chi connectivity index (χ0n) is 11.7. The minimum atomic E-state index is 0.679. The maximum atomic E-state index is 5.73. The summed E-state index contributed by atoms with van der Waals surface area (Å²) < 4.78 is 11.4. The average Bonchev–Trinajstić information content (AvgIpc) is 2.95. The van der Waals surface area contributed by atoms with Gasteiger partial charge in [0.25, 0.3) is 0 Å². The van der Waals surface area contributed by atoms with Crippen molar-refractivity contribution >= 4 is 11.3 Å². The Morgan fingerprint density at radius 3 is 2.77 bits per heavy atom. The first-order valence-corrected chi connectivity index (χ1v) is 7.90. The molecule has 110 valence electrons. The molecule has 0 N–H and O–H groups in total. The molecule has 6 heteroatoms. The highest BCUT2D eigenvalue weighted by Crippen LogP contribution is 2.35. The zero-order chi connectivity index (χ0) is 14.8. The third-order valence-electron chi connectivity index (χ3n) is 3.33. The van der Waals surface area contributed by atoms with Gasteiger partial charge >= 0.3 is 0 Å². The van der Waals surface area contributed by atoms with Crippen molar-refractivity contribution in [1.29, 1.82) is 0 Å². The molecule has 1 aliphatic heterocycles. The molecular formula is C16H13N3O2S. The lowest BCUT2D eigenvalue weighted by atomic mass is 10.1. The number of thiazole rings is 1. The molecule has 0 unspecified atom stereocenters. The van der Waals surface area contributed by atoms with E-state index in [0.717, 1.165) is 39.9 Å². The molecule has 0 amide bonds. The number of rotatable bonds is 2. The first-order chi connectivity index (χ1) is 10.9. The van der Waals surface area contributed by atoms with Crippen LogP contribution in [0.4, 0.5) is 0 Å². The second-order valence-corrected chi connectivity index (χ2v) is 5.70. The minimum Gasteiger partial charge on any atom is -0.490 e. The van der Waals surface area contributed by atoms with E-state index in [4.69, 9.17) is 9.47 Å². The van der Waals surface area contributed by atoms with Gasteiger partial charge in [0.1, 0.15) is 10.7 Å². The van der Waals surface area contributed by atoms with Crippen molar-refractivity contribution in [3.8, 4) is 33.5 Å². The van der Waals surface area contributed by atoms with Crippen LogP contribution in [0.2, 0.25) is 0 Å². The highest BCUT2D eigenvalue weighted by Gasteiger charge is 2.13. The molecule has 4 rings (SSSR count). The fourth-order valence-corrected chi connectivity index (χ4v) is 3.05. The number of nitrogens with zero attached hydrogens (tertiary/aromatic N) is 3. The summed E-state index contributed by atoms with van der Waals surface area (Å²) in [6.07, 6.45) is 5.94. The second-order valence-electron chi connectivity index (χ2n) is 4.84. The molecule has 0 saturated carbocycles. The van der Waals surface area contributed by atoms with Crippen molar-refractivity contribution in [2.24, 2.45) is 0 Å². The number of ether oxygens (including phenoxy) is 2. The van der Waals surface area contributed by atoms with Gasteiger partial charge in [0.2, 0.25) is 0 Å². The topological polar surface area (TPSA) is 57.1 Å². The molecule has 0 radical (unpaired) electrons. The van der Waals surface area contributed by atoms with E-state index >= 15 is 0 Å². The Bertz CT molecular complexity index is 789. The monoisotopic (exact) mass is 311 g/mol. The van der Waals surface area contributed by atoms with E-state index in [1.54, 1.807) is 29.9 Å². The summed E-state index contributed by atoms with van der Waals surface area (Å²) in [4.78, 5) is 13.0. The molecule has 0 aliphatic carbocycles. The molecule has 5 nitrogen and oxygen atoms in total. The van der Waals surface area contributed by atoms with Crippen LogP contribution in [0, 0.1) is 0 Å². The molecular weight excluding hydrogens is 298 g/mol. The summed E-state index contributed by atoms with van der Waals surface area (Å²) >= 11 is 1.55. The predicted octanol–water partition coefficient (Wildman–Crippen LogP) is 3.43. The van der Waals surface area contributed by atoms with Gasteiger partial charge in [-0.3, -0.25) is 9.97 Å². The van der Waals surface area contributed by atoms with Crippen LogP contribution in [-0.4, -0.2) is 28.2 Å². The van der Waals surface area contributed by atoms with Gasteiger partial charge in [0, 0.05) is 29.8 Å². The largest absolute Gasteiger partial charge is 0.490 e. The fourth-order valence-electron chi connectivity index (χ4n) is 2.26. The summed E-state index contributed by atoms with van der Waals surface area (Å²) in [5, 5.41) is 2.87. The highest BCUT2D eigenvalue weighted by atomic mass is 32.1. The van der Waals surface area contributed by atoms with Gasteiger partial charge in [-0.25, -0.2) is 4.98 Å². The maximum Gasteiger partial charge on any atom is 0.161 e. The standard InChI is InChI=1S/C16H13N3O2S/c1-6-20-14-3-2-11(8-15(14)21-7-1)13-10-22-16(19-13)12-9-17-4-5-18-12/h2-5,8-10H,1,6-7H2. The SMILES string of the molecule is c1cnc(-c2nc(-c3ccc4c(c3)OCCCO4)cs2)cn1. The highest BCUT2D eigenvalue weighted by molar-refractivity contribution is 7.13. The van der Waals surface area contributed by atoms with Crippen molar-refractivity contribution in [2.75, 3.05) is 13.2 Å². The van der Waals surface area contributed by atoms with Gasteiger partial charge in [0.05, 0.1) is 25.1 Å². The van der Waals surface area contributed by atoms with Crippen LogP contribution in [0.5, 0.6) is 11.5 Å². The van der Waals surface area contributed by atoms with E-state index in [0.29, 0.717) is 13.2 Å². The lowest BCUT2D eigenvalue weighted by Gasteiger charge is -2.08. The van der Waals surface area contributed by atoms with Crippen molar-refractivity contribution in [3.63, 3.8) is 0 Å². The van der Waals surface area contributed by atoms with Crippen LogP contribution in [0.15, 0.2) is 42.2 Å². The van der Waals surface area contributed by atoms with Gasteiger partial charge in [0.15, 0.2) is 11.5 Å². The van der Waals surface area contributed by atoms with Gasteiger partial charge < -0.3 is 9.47 Å².